The standard InChI is InChI=1S/C12H6Cl3N5O/c13-6-3-8(14)11(9(15)4-6)12(21)18-7-1-2-17-10(5-7)19-20-16/h1-5H,(H,17,18,21). The van der Waals surface area contributed by atoms with Crippen molar-refractivity contribution in [3.05, 3.63) is 61.5 Å². The normalized spacial score (nSPS) is 9.86. The Balaban J connectivity index is 2.30. The number of nitrogens with zero attached hydrogens (tertiary/aromatic N) is 4. The molecule has 0 atom stereocenters. The molecule has 9 heteroatoms. The van der Waals surface area contributed by atoms with Crippen molar-refractivity contribution < 1.29 is 4.79 Å². The lowest BCUT2D eigenvalue weighted by Gasteiger charge is -2.09. The minimum absolute atomic E-state index is 0.102. The lowest BCUT2D eigenvalue weighted by Crippen LogP contribution is -2.13. The fourth-order valence-electron chi connectivity index (χ4n) is 1.55. The largest absolute Gasteiger partial charge is 0.322 e. The summed E-state index contributed by atoms with van der Waals surface area (Å²) in [7, 11) is 0. The highest BCUT2D eigenvalue weighted by Gasteiger charge is 2.16. The van der Waals surface area contributed by atoms with Crippen LogP contribution in [0.2, 0.25) is 15.1 Å². The summed E-state index contributed by atoms with van der Waals surface area (Å²) in [5.74, 6) is -0.386. The molecule has 1 aromatic heterocycles. The van der Waals surface area contributed by atoms with Gasteiger partial charge in [0.25, 0.3) is 5.91 Å². The van der Waals surface area contributed by atoms with Crippen LogP contribution in [-0.4, -0.2) is 10.9 Å². The number of aromatic nitrogens is 1. The maximum atomic E-state index is 12.2. The number of halogens is 3. The minimum Gasteiger partial charge on any atom is -0.322 e. The van der Waals surface area contributed by atoms with E-state index < -0.39 is 5.91 Å². The summed E-state index contributed by atoms with van der Waals surface area (Å²) in [5, 5.41) is 6.52. The number of nitrogens with one attached hydrogen (secondary N) is 1. The first-order valence-electron chi connectivity index (χ1n) is 5.48. The average molecular weight is 343 g/mol. The van der Waals surface area contributed by atoms with E-state index in [2.05, 4.69) is 20.3 Å². The summed E-state index contributed by atoms with van der Waals surface area (Å²) in [4.78, 5) is 18.6. The molecule has 1 amide bonds. The van der Waals surface area contributed by atoms with E-state index in [1.165, 1.54) is 30.5 Å². The molecule has 1 heterocycles. The van der Waals surface area contributed by atoms with E-state index in [-0.39, 0.29) is 21.4 Å². The molecule has 0 aliphatic carbocycles. The number of amides is 1. The zero-order valence-electron chi connectivity index (χ0n) is 10.2. The Hall–Kier alpha value is -1.98. The third-order valence-corrected chi connectivity index (χ3v) is 3.20. The lowest BCUT2D eigenvalue weighted by atomic mass is 10.2. The van der Waals surface area contributed by atoms with Gasteiger partial charge < -0.3 is 5.32 Å². The highest BCUT2D eigenvalue weighted by atomic mass is 35.5. The van der Waals surface area contributed by atoms with Gasteiger partial charge in [-0.15, -0.1) is 0 Å². The van der Waals surface area contributed by atoms with Crippen molar-refractivity contribution in [2.75, 3.05) is 5.32 Å². The quantitative estimate of drug-likeness (QED) is 0.469. The molecular weight excluding hydrogens is 337 g/mol. The summed E-state index contributed by atoms with van der Waals surface area (Å²) < 4.78 is 0. The Bertz CT molecular complexity index is 735. The number of carbonyl (C=O) groups is 1. The Kier molecular flexibility index (Phi) is 4.88. The lowest BCUT2D eigenvalue weighted by molar-refractivity contribution is 0.102. The number of rotatable bonds is 3. The molecule has 106 valence electrons. The van der Waals surface area contributed by atoms with Crippen molar-refractivity contribution >= 4 is 52.2 Å². The van der Waals surface area contributed by atoms with E-state index >= 15 is 0 Å². The molecule has 0 unspecified atom stereocenters. The molecule has 0 aliphatic rings. The van der Waals surface area contributed by atoms with Crippen molar-refractivity contribution in [2.45, 2.75) is 0 Å². The van der Waals surface area contributed by atoms with Gasteiger partial charge in [0, 0.05) is 21.8 Å². The fraction of sp³-hybridized carbons (Fsp3) is 0. The molecule has 0 bridgehead atoms. The third-order valence-electron chi connectivity index (χ3n) is 2.38. The van der Waals surface area contributed by atoms with E-state index in [9.17, 15) is 4.79 Å². The van der Waals surface area contributed by atoms with E-state index in [0.29, 0.717) is 10.7 Å². The van der Waals surface area contributed by atoms with Crippen LogP contribution in [-0.2, 0) is 0 Å². The van der Waals surface area contributed by atoms with Crippen molar-refractivity contribution in [1.29, 1.82) is 0 Å². The molecule has 0 saturated carbocycles. The topological polar surface area (TPSA) is 90.8 Å². The molecule has 2 rings (SSSR count). The maximum Gasteiger partial charge on any atom is 0.258 e. The zero-order chi connectivity index (χ0) is 15.4. The van der Waals surface area contributed by atoms with Gasteiger partial charge in [0.1, 0.15) is 5.82 Å². The Morgan fingerprint density at radius 2 is 1.90 bits per heavy atom. The maximum absolute atomic E-state index is 12.2. The number of hydrogen-bond acceptors (Lipinski definition) is 3. The first kappa shape index (κ1) is 15.4. The van der Waals surface area contributed by atoms with E-state index in [1.807, 2.05) is 0 Å². The Morgan fingerprint density at radius 3 is 2.52 bits per heavy atom. The Morgan fingerprint density at radius 1 is 1.24 bits per heavy atom. The van der Waals surface area contributed by atoms with Crippen LogP contribution in [0, 0.1) is 0 Å². The smallest absolute Gasteiger partial charge is 0.258 e. The molecule has 2 aromatic rings. The van der Waals surface area contributed by atoms with Crippen LogP contribution < -0.4 is 5.32 Å². The number of anilines is 1. The van der Waals surface area contributed by atoms with Crippen molar-refractivity contribution in [3.63, 3.8) is 0 Å². The van der Waals surface area contributed by atoms with Gasteiger partial charge in [-0.05, 0) is 34.9 Å². The summed E-state index contributed by atoms with van der Waals surface area (Å²) in [6.07, 6.45) is 1.39. The fourth-order valence-corrected chi connectivity index (χ4v) is 2.54. The predicted molar refractivity (Wildman–Crippen MR) is 82.5 cm³/mol. The summed E-state index contributed by atoms with van der Waals surface area (Å²) in [6.45, 7) is 0. The SMILES string of the molecule is [N-]=[N+]=Nc1cc(NC(=O)c2c(Cl)cc(Cl)cc2Cl)ccn1. The summed E-state index contributed by atoms with van der Waals surface area (Å²) in [6, 6.07) is 5.78. The van der Waals surface area contributed by atoms with Gasteiger partial charge in [0.2, 0.25) is 0 Å². The molecule has 1 aromatic carbocycles. The highest BCUT2D eigenvalue weighted by molar-refractivity contribution is 6.42. The van der Waals surface area contributed by atoms with Crippen molar-refractivity contribution in [1.82, 2.24) is 4.98 Å². The predicted octanol–water partition coefficient (Wildman–Crippen LogP) is 5.24. The van der Waals surface area contributed by atoms with E-state index in [0.717, 1.165) is 0 Å². The number of pyridine rings is 1. The molecule has 0 saturated heterocycles. The van der Waals surface area contributed by atoms with Crippen LogP contribution in [0.25, 0.3) is 10.4 Å². The molecule has 1 N–H and O–H groups in total. The van der Waals surface area contributed by atoms with Gasteiger partial charge in [-0.2, -0.15) is 0 Å². The van der Waals surface area contributed by atoms with Crippen LogP contribution >= 0.6 is 34.8 Å². The van der Waals surface area contributed by atoms with Gasteiger partial charge in [-0.25, -0.2) is 0 Å². The van der Waals surface area contributed by atoms with Crippen molar-refractivity contribution in [2.24, 2.45) is 5.11 Å². The number of hydrogen-bond donors (Lipinski definition) is 1. The number of benzene rings is 1. The first-order valence-corrected chi connectivity index (χ1v) is 6.61. The summed E-state index contributed by atoms with van der Waals surface area (Å²) in [5.41, 5.74) is 8.84. The van der Waals surface area contributed by atoms with Gasteiger partial charge in [0.15, 0.2) is 0 Å². The van der Waals surface area contributed by atoms with Gasteiger partial charge in [0.05, 0.1) is 15.6 Å². The van der Waals surface area contributed by atoms with Gasteiger partial charge in [-0.1, -0.05) is 34.8 Å². The highest BCUT2D eigenvalue weighted by Crippen LogP contribution is 2.29. The molecule has 0 fully saturated rings. The molecule has 0 radical (unpaired) electrons. The van der Waals surface area contributed by atoms with Crippen LogP contribution in [0.1, 0.15) is 10.4 Å². The molecular formula is C12H6Cl3N5O. The van der Waals surface area contributed by atoms with Crippen LogP contribution in [0.5, 0.6) is 0 Å². The second-order valence-corrected chi connectivity index (χ2v) is 5.04. The zero-order valence-corrected chi connectivity index (χ0v) is 12.5. The van der Waals surface area contributed by atoms with Crippen LogP contribution in [0.4, 0.5) is 11.5 Å². The van der Waals surface area contributed by atoms with Crippen LogP contribution in [0.15, 0.2) is 35.6 Å². The molecule has 21 heavy (non-hydrogen) atoms. The molecule has 6 nitrogen and oxygen atoms in total. The third kappa shape index (κ3) is 3.77. The van der Waals surface area contributed by atoms with E-state index in [4.69, 9.17) is 40.3 Å². The molecule has 0 aliphatic heterocycles. The van der Waals surface area contributed by atoms with Gasteiger partial charge >= 0.3 is 0 Å². The molecule has 0 spiro atoms. The second-order valence-electron chi connectivity index (χ2n) is 3.79. The number of azide groups is 1. The second kappa shape index (κ2) is 6.65. The number of carbonyl (C=O) groups excluding carboxylic acids is 1. The van der Waals surface area contributed by atoms with Gasteiger partial charge in [-0.3, -0.25) is 9.78 Å². The summed E-state index contributed by atoms with van der Waals surface area (Å²) >= 11 is 17.7. The first-order chi connectivity index (χ1) is 10.0. The monoisotopic (exact) mass is 341 g/mol. The minimum atomic E-state index is -0.514. The van der Waals surface area contributed by atoms with Crippen LogP contribution in [0.3, 0.4) is 0 Å². The van der Waals surface area contributed by atoms with E-state index in [1.54, 1.807) is 0 Å². The Labute approximate surface area is 134 Å². The average Bonchev–Trinajstić information content (AvgIpc) is 2.38. The van der Waals surface area contributed by atoms with Crippen molar-refractivity contribution in [3.8, 4) is 0 Å².